The lowest BCUT2D eigenvalue weighted by molar-refractivity contribution is -0.123. The van der Waals surface area contributed by atoms with E-state index in [1.54, 1.807) is 25.2 Å². The van der Waals surface area contributed by atoms with Crippen LogP contribution in [-0.4, -0.2) is 16.4 Å². The molecule has 0 saturated carbocycles. The molecule has 0 aliphatic rings. The monoisotopic (exact) mass is 213 g/mol. The van der Waals surface area contributed by atoms with Crippen molar-refractivity contribution in [2.75, 3.05) is 0 Å². The molecular weight excluding hydrogens is 198 g/mol. The van der Waals surface area contributed by atoms with E-state index >= 15 is 0 Å². The van der Waals surface area contributed by atoms with Crippen molar-refractivity contribution in [3.8, 4) is 0 Å². The molecule has 1 amide bonds. The normalized spacial score (nSPS) is 11.6. The summed E-state index contributed by atoms with van der Waals surface area (Å²) in [6, 6.07) is 0. The van der Waals surface area contributed by atoms with Crippen LogP contribution in [0.3, 0.4) is 0 Å². The minimum atomic E-state index is -0.681. The predicted octanol–water partition coefficient (Wildman–Crippen LogP) is 0.805. The summed E-state index contributed by atoms with van der Waals surface area (Å²) in [5.74, 6) is -0.356. The van der Waals surface area contributed by atoms with Gasteiger partial charge in [-0.3, -0.25) is 10.1 Å². The van der Waals surface area contributed by atoms with Crippen LogP contribution in [0, 0.1) is 6.92 Å². The zero-order chi connectivity index (χ0) is 10.8. The summed E-state index contributed by atoms with van der Waals surface area (Å²) >= 11 is 1.58. The van der Waals surface area contributed by atoms with E-state index in [-0.39, 0.29) is 5.91 Å². The minimum absolute atomic E-state index is 0.356. The van der Waals surface area contributed by atoms with Crippen molar-refractivity contribution in [3.63, 3.8) is 0 Å². The summed E-state index contributed by atoms with van der Waals surface area (Å²) in [5, 5.41) is 6.01. The van der Waals surface area contributed by atoms with Gasteiger partial charge in [-0.25, -0.2) is 4.98 Å². The third-order valence-electron chi connectivity index (χ3n) is 1.96. The molecule has 0 radical (unpaired) electrons. The van der Waals surface area contributed by atoms with E-state index in [1.165, 1.54) is 0 Å². The van der Waals surface area contributed by atoms with E-state index in [0.29, 0.717) is 6.54 Å². The maximum absolute atomic E-state index is 11.0. The second kappa shape index (κ2) is 4.06. The van der Waals surface area contributed by atoms with Crippen LogP contribution >= 0.6 is 11.3 Å². The van der Waals surface area contributed by atoms with Crippen LogP contribution < -0.4 is 11.1 Å². The molecule has 0 spiro atoms. The molecule has 0 aromatic carbocycles. The van der Waals surface area contributed by atoms with Gasteiger partial charge >= 0.3 is 0 Å². The maximum atomic E-state index is 11.0. The van der Waals surface area contributed by atoms with Crippen LogP contribution in [0.1, 0.15) is 24.5 Å². The van der Waals surface area contributed by atoms with E-state index < -0.39 is 5.54 Å². The standard InChI is InChI=1S/C9H15N3OS/c1-6-5-14-7(12-6)4-11-9(2,3)8(10)13/h5,11H,4H2,1-3H3,(H2,10,13). The quantitative estimate of drug-likeness (QED) is 0.777. The van der Waals surface area contributed by atoms with Crippen molar-refractivity contribution in [2.45, 2.75) is 32.9 Å². The molecule has 0 atom stereocenters. The SMILES string of the molecule is Cc1csc(CNC(C)(C)C(N)=O)n1. The largest absolute Gasteiger partial charge is 0.368 e. The summed E-state index contributed by atoms with van der Waals surface area (Å²) < 4.78 is 0. The van der Waals surface area contributed by atoms with Crippen LogP contribution in [0.2, 0.25) is 0 Å². The van der Waals surface area contributed by atoms with Crippen molar-refractivity contribution in [3.05, 3.63) is 16.1 Å². The molecule has 4 nitrogen and oxygen atoms in total. The van der Waals surface area contributed by atoms with E-state index in [4.69, 9.17) is 5.73 Å². The van der Waals surface area contributed by atoms with Gasteiger partial charge in [-0.15, -0.1) is 11.3 Å². The highest BCUT2D eigenvalue weighted by molar-refractivity contribution is 7.09. The number of hydrogen-bond donors (Lipinski definition) is 2. The molecule has 14 heavy (non-hydrogen) atoms. The molecule has 1 aromatic heterocycles. The zero-order valence-corrected chi connectivity index (χ0v) is 9.44. The third kappa shape index (κ3) is 2.78. The van der Waals surface area contributed by atoms with Crippen molar-refractivity contribution in [1.82, 2.24) is 10.3 Å². The summed E-state index contributed by atoms with van der Waals surface area (Å²) in [4.78, 5) is 15.3. The highest BCUT2D eigenvalue weighted by Gasteiger charge is 2.23. The van der Waals surface area contributed by atoms with Gasteiger partial charge in [0.15, 0.2) is 0 Å². The van der Waals surface area contributed by atoms with E-state index in [9.17, 15) is 4.79 Å². The van der Waals surface area contributed by atoms with Gasteiger partial charge in [-0.05, 0) is 20.8 Å². The number of nitrogens with zero attached hydrogens (tertiary/aromatic N) is 1. The minimum Gasteiger partial charge on any atom is -0.368 e. The lowest BCUT2D eigenvalue weighted by Crippen LogP contribution is -2.50. The van der Waals surface area contributed by atoms with Crippen LogP contribution in [0.5, 0.6) is 0 Å². The maximum Gasteiger partial charge on any atom is 0.237 e. The van der Waals surface area contributed by atoms with Gasteiger partial charge < -0.3 is 5.73 Å². The fraction of sp³-hybridized carbons (Fsp3) is 0.556. The van der Waals surface area contributed by atoms with Crippen molar-refractivity contribution < 1.29 is 4.79 Å². The number of nitrogens with one attached hydrogen (secondary N) is 1. The fourth-order valence-electron chi connectivity index (χ4n) is 0.868. The number of hydrogen-bond acceptors (Lipinski definition) is 4. The Labute approximate surface area is 87.5 Å². The Morgan fingerprint density at radius 3 is 2.79 bits per heavy atom. The summed E-state index contributed by atoms with van der Waals surface area (Å²) in [6.07, 6.45) is 0. The average Bonchev–Trinajstić information content (AvgIpc) is 2.48. The van der Waals surface area contributed by atoms with Crippen LogP contribution in [0.25, 0.3) is 0 Å². The van der Waals surface area contributed by atoms with Gasteiger partial charge in [-0.1, -0.05) is 0 Å². The summed E-state index contributed by atoms with van der Waals surface area (Å²) in [5.41, 5.74) is 5.54. The van der Waals surface area contributed by atoms with E-state index in [2.05, 4.69) is 10.3 Å². The first-order chi connectivity index (χ1) is 6.42. The molecule has 1 rings (SSSR count). The van der Waals surface area contributed by atoms with Crippen LogP contribution in [0.4, 0.5) is 0 Å². The average molecular weight is 213 g/mol. The molecule has 78 valence electrons. The van der Waals surface area contributed by atoms with Gasteiger partial charge in [0.1, 0.15) is 5.01 Å². The number of carbonyl (C=O) groups is 1. The molecule has 1 aromatic rings. The number of nitrogens with two attached hydrogens (primary N) is 1. The molecule has 0 fully saturated rings. The van der Waals surface area contributed by atoms with Crippen LogP contribution in [-0.2, 0) is 11.3 Å². The van der Waals surface area contributed by atoms with E-state index in [1.807, 2.05) is 12.3 Å². The Morgan fingerprint density at radius 2 is 2.36 bits per heavy atom. The smallest absolute Gasteiger partial charge is 0.237 e. The second-order valence-corrected chi connectivity index (χ2v) is 4.67. The highest BCUT2D eigenvalue weighted by Crippen LogP contribution is 2.10. The second-order valence-electron chi connectivity index (χ2n) is 3.73. The summed E-state index contributed by atoms with van der Waals surface area (Å²) in [7, 11) is 0. The Balaban J connectivity index is 2.52. The number of amides is 1. The van der Waals surface area contributed by atoms with Gasteiger partial charge in [0.05, 0.1) is 5.54 Å². The zero-order valence-electron chi connectivity index (χ0n) is 8.63. The lowest BCUT2D eigenvalue weighted by atomic mass is 10.1. The summed E-state index contributed by atoms with van der Waals surface area (Å²) in [6.45, 7) is 6.04. The Morgan fingerprint density at radius 1 is 1.71 bits per heavy atom. The molecule has 5 heteroatoms. The molecule has 0 aliphatic heterocycles. The molecule has 0 unspecified atom stereocenters. The van der Waals surface area contributed by atoms with Gasteiger partial charge in [0.25, 0.3) is 0 Å². The van der Waals surface area contributed by atoms with Gasteiger partial charge in [0.2, 0.25) is 5.91 Å². The number of primary amides is 1. The van der Waals surface area contributed by atoms with Gasteiger partial charge in [0, 0.05) is 17.6 Å². The highest BCUT2D eigenvalue weighted by atomic mass is 32.1. The third-order valence-corrected chi connectivity index (χ3v) is 2.93. The Hall–Kier alpha value is -0.940. The molecular formula is C9H15N3OS. The first kappa shape index (κ1) is 11.1. The molecule has 0 bridgehead atoms. The first-order valence-corrected chi connectivity index (χ1v) is 5.26. The molecule has 1 heterocycles. The van der Waals surface area contributed by atoms with Crippen molar-refractivity contribution in [2.24, 2.45) is 5.73 Å². The molecule has 3 N–H and O–H groups in total. The number of aryl methyl sites for hydroxylation is 1. The first-order valence-electron chi connectivity index (χ1n) is 4.38. The van der Waals surface area contributed by atoms with Gasteiger partial charge in [-0.2, -0.15) is 0 Å². The Bertz CT molecular complexity index is 333. The molecule has 0 saturated heterocycles. The van der Waals surface area contributed by atoms with Crippen molar-refractivity contribution in [1.29, 1.82) is 0 Å². The molecule has 0 aliphatic carbocycles. The van der Waals surface area contributed by atoms with E-state index in [0.717, 1.165) is 10.7 Å². The van der Waals surface area contributed by atoms with Crippen molar-refractivity contribution >= 4 is 17.2 Å². The fourth-order valence-corrected chi connectivity index (χ4v) is 1.58. The lowest BCUT2D eigenvalue weighted by Gasteiger charge is -2.21. The number of rotatable bonds is 4. The van der Waals surface area contributed by atoms with Crippen LogP contribution in [0.15, 0.2) is 5.38 Å². The topological polar surface area (TPSA) is 68.0 Å². The number of aromatic nitrogens is 1. The predicted molar refractivity (Wildman–Crippen MR) is 57.0 cm³/mol. The Kier molecular flexibility index (Phi) is 3.23. The number of carbonyl (C=O) groups excluding carboxylic acids is 1. The number of thiazole rings is 1.